The Balaban J connectivity index is 1.50. The SMILES string of the molecule is CC1(C)CC[C@@H](Nc2ncc3nc(Nc4c(F)ccc(Cl)c4F)n([C@H]4CC[C@H](C(N)=O)CC4)c3n2)C[C@H]1O. The van der Waals surface area contributed by atoms with Crippen molar-refractivity contribution in [2.75, 3.05) is 10.6 Å². The summed E-state index contributed by atoms with van der Waals surface area (Å²) in [6.45, 7) is 4.12. The van der Waals surface area contributed by atoms with E-state index in [0.29, 0.717) is 49.2 Å². The molecule has 12 heteroatoms. The van der Waals surface area contributed by atoms with Crippen LogP contribution in [-0.2, 0) is 4.79 Å². The lowest BCUT2D eigenvalue weighted by Crippen LogP contribution is -2.41. The fourth-order valence-corrected chi connectivity index (χ4v) is 5.66. The molecular formula is C26H32ClF2N7O2. The summed E-state index contributed by atoms with van der Waals surface area (Å²) < 4.78 is 31.2. The number of rotatable bonds is 6. The molecule has 9 nitrogen and oxygen atoms in total. The number of nitrogens with zero attached hydrogens (tertiary/aromatic N) is 4. The zero-order chi connectivity index (χ0) is 27.2. The van der Waals surface area contributed by atoms with Gasteiger partial charge in [0.2, 0.25) is 17.8 Å². The van der Waals surface area contributed by atoms with Crippen LogP contribution in [0.5, 0.6) is 0 Å². The molecule has 0 saturated heterocycles. The monoisotopic (exact) mass is 547 g/mol. The van der Waals surface area contributed by atoms with Gasteiger partial charge in [0, 0.05) is 18.0 Å². The zero-order valence-corrected chi connectivity index (χ0v) is 22.1. The number of hydrogen-bond donors (Lipinski definition) is 4. The largest absolute Gasteiger partial charge is 0.392 e. The first-order valence-electron chi connectivity index (χ1n) is 12.9. The van der Waals surface area contributed by atoms with Gasteiger partial charge in [0.1, 0.15) is 17.0 Å². The highest BCUT2D eigenvalue weighted by atomic mass is 35.5. The minimum atomic E-state index is -0.921. The molecule has 204 valence electrons. The van der Waals surface area contributed by atoms with Crippen molar-refractivity contribution in [1.82, 2.24) is 19.5 Å². The molecule has 0 unspecified atom stereocenters. The number of hydrogen-bond acceptors (Lipinski definition) is 7. The summed E-state index contributed by atoms with van der Waals surface area (Å²) in [4.78, 5) is 25.4. The topological polar surface area (TPSA) is 131 Å². The van der Waals surface area contributed by atoms with Crippen LogP contribution in [-0.4, -0.2) is 42.7 Å². The summed E-state index contributed by atoms with van der Waals surface area (Å²) in [5.41, 5.74) is 5.91. The Labute approximate surface area is 224 Å². The molecule has 2 aromatic heterocycles. The predicted molar refractivity (Wildman–Crippen MR) is 141 cm³/mol. The Morgan fingerprint density at radius 3 is 2.61 bits per heavy atom. The van der Waals surface area contributed by atoms with Crippen LogP contribution in [0.25, 0.3) is 11.2 Å². The van der Waals surface area contributed by atoms with Crippen LogP contribution < -0.4 is 16.4 Å². The Hall–Kier alpha value is -3.05. The number of nitrogens with two attached hydrogens (primary N) is 1. The van der Waals surface area contributed by atoms with E-state index in [4.69, 9.17) is 22.3 Å². The third-order valence-electron chi connectivity index (χ3n) is 8.06. The number of aromatic nitrogens is 4. The van der Waals surface area contributed by atoms with Crippen molar-refractivity contribution in [1.29, 1.82) is 0 Å². The van der Waals surface area contributed by atoms with Gasteiger partial charge in [0.25, 0.3) is 0 Å². The number of nitrogens with one attached hydrogen (secondary N) is 2. The molecule has 0 radical (unpaired) electrons. The molecule has 2 saturated carbocycles. The number of anilines is 3. The second-order valence-corrected chi connectivity index (χ2v) is 11.5. The van der Waals surface area contributed by atoms with Gasteiger partial charge >= 0.3 is 0 Å². The van der Waals surface area contributed by atoms with E-state index in [1.165, 1.54) is 0 Å². The molecule has 0 bridgehead atoms. The first kappa shape index (κ1) is 26.6. The molecule has 2 heterocycles. The Kier molecular flexibility index (Phi) is 7.17. The van der Waals surface area contributed by atoms with Crippen molar-refractivity contribution in [2.45, 2.75) is 77.0 Å². The molecule has 1 amide bonds. The standard InChI is InChI=1S/C26H32ClF2N7O2/c1-26(2)10-9-14(11-19(26)37)32-24-31-12-18-23(35-24)36(15-5-3-13(4-6-15)22(30)38)25(33-18)34-21-17(28)8-7-16(27)20(21)29/h7-8,12-15,19,37H,3-6,9-11H2,1-2H3,(H2,30,38)(H,33,34)(H,31,32,35)/t13-,14-,15-,19-/m1/s1. The molecule has 0 aliphatic heterocycles. The van der Waals surface area contributed by atoms with Crippen molar-refractivity contribution in [2.24, 2.45) is 17.1 Å². The van der Waals surface area contributed by atoms with E-state index in [1.807, 2.05) is 4.57 Å². The number of aliphatic hydroxyl groups excluding tert-OH is 1. The van der Waals surface area contributed by atoms with E-state index in [9.17, 15) is 18.7 Å². The second-order valence-electron chi connectivity index (χ2n) is 11.1. The van der Waals surface area contributed by atoms with E-state index < -0.39 is 23.4 Å². The maximum atomic E-state index is 14.7. The number of aliphatic hydroxyl groups is 1. The van der Waals surface area contributed by atoms with Crippen molar-refractivity contribution >= 4 is 46.3 Å². The maximum absolute atomic E-state index is 14.7. The number of carbonyl (C=O) groups is 1. The molecule has 5 N–H and O–H groups in total. The molecule has 3 aromatic rings. The minimum Gasteiger partial charge on any atom is -0.392 e. The van der Waals surface area contributed by atoms with Crippen molar-refractivity contribution in [3.05, 3.63) is 35.0 Å². The molecule has 1 aromatic carbocycles. The first-order chi connectivity index (χ1) is 18.0. The van der Waals surface area contributed by atoms with Crippen molar-refractivity contribution in [3.8, 4) is 0 Å². The van der Waals surface area contributed by atoms with Crippen LogP contribution in [0, 0.1) is 23.0 Å². The molecule has 2 aliphatic rings. The van der Waals surface area contributed by atoms with Gasteiger partial charge in [0.05, 0.1) is 17.3 Å². The third-order valence-corrected chi connectivity index (χ3v) is 8.35. The summed E-state index contributed by atoms with van der Waals surface area (Å²) in [7, 11) is 0. The normalized spacial score (nSPS) is 25.3. The molecule has 38 heavy (non-hydrogen) atoms. The molecule has 2 fully saturated rings. The van der Waals surface area contributed by atoms with E-state index >= 15 is 0 Å². The molecule has 2 aliphatic carbocycles. The number of amides is 1. The summed E-state index contributed by atoms with van der Waals surface area (Å²) in [6.07, 6.45) is 5.83. The van der Waals surface area contributed by atoms with E-state index in [-0.39, 0.29) is 40.3 Å². The molecule has 0 spiro atoms. The van der Waals surface area contributed by atoms with Gasteiger partial charge in [-0.25, -0.2) is 18.7 Å². The lowest BCUT2D eigenvalue weighted by molar-refractivity contribution is -0.122. The predicted octanol–water partition coefficient (Wildman–Crippen LogP) is 5.07. The van der Waals surface area contributed by atoms with Gasteiger partial charge in [-0.2, -0.15) is 4.98 Å². The zero-order valence-electron chi connectivity index (χ0n) is 21.3. The van der Waals surface area contributed by atoms with E-state index in [0.717, 1.165) is 25.0 Å². The lowest BCUT2D eigenvalue weighted by Gasteiger charge is -2.39. The number of halogens is 3. The average Bonchev–Trinajstić information content (AvgIpc) is 3.24. The van der Waals surface area contributed by atoms with Crippen LogP contribution in [0.15, 0.2) is 18.3 Å². The summed E-state index contributed by atoms with van der Waals surface area (Å²) in [5, 5.41) is 16.4. The number of primary amides is 1. The fraction of sp³-hybridized carbons (Fsp3) is 0.538. The Morgan fingerprint density at radius 1 is 1.18 bits per heavy atom. The van der Waals surface area contributed by atoms with Gasteiger partial charge in [0.15, 0.2) is 11.5 Å². The number of imidazole rings is 1. The lowest BCUT2D eigenvalue weighted by atomic mass is 9.73. The van der Waals surface area contributed by atoms with Gasteiger partial charge < -0.3 is 21.5 Å². The molecular weight excluding hydrogens is 516 g/mol. The maximum Gasteiger partial charge on any atom is 0.224 e. The first-order valence-corrected chi connectivity index (χ1v) is 13.3. The average molecular weight is 548 g/mol. The van der Waals surface area contributed by atoms with Crippen LogP contribution >= 0.6 is 11.6 Å². The Bertz CT molecular complexity index is 1360. The third kappa shape index (κ3) is 5.13. The van der Waals surface area contributed by atoms with Gasteiger partial charge in [-0.15, -0.1) is 0 Å². The van der Waals surface area contributed by atoms with Crippen molar-refractivity contribution < 1.29 is 18.7 Å². The second kappa shape index (κ2) is 10.3. The van der Waals surface area contributed by atoms with Crippen LogP contribution in [0.3, 0.4) is 0 Å². The van der Waals surface area contributed by atoms with Gasteiger partial charge in [-0.3, -0.25) is 9.36 Å². The van der Waals surface area contributed by atoms with Crippen LogP contribution in [0.2, 0.25) is 5.02 Å². The highest BCUT2D eigenvalue weighted by molar-refractivity contribution is 6.31. The van der Waals surface area contributed by atoms with Crippen molar-refractivity contribution in [3.63, 3.8) is 0 Å². The minimum absolute atomic E-state index is 0.00472. The van der Waals surface area contributed by atoms with Crippen LogP contribution in [0.4, 0.5) is 26.4 Å². The fourth-order valence-electron chi connectivity index (χ4n) is 5.50. The number of fused-ring (bicyclic) bond motifs is 1. The number of benzene rings is 1. The molecule has 2 atom stereocenters. The molecule has 5 rings (SSSR count). The van der Waals surface area contributed by atoms with Crippen LogP contribution in [0.1, 0.15) is 64.8 Å². The number of carbonyl (C=O) groups excluding carboxylic acids is 1. The summed E-state index contributed by atoms with van der Waals surface area (Å²) in [6, 6.07) is 2.10. The highest BCUT2D eigenvalue weighted by Gasteiger charge is 2.35. The smallest absolute Gasteiger partial charge is 0.224 e. The highest BCUT2D eigenvalue weighted by Crippen LogP contribution is 2.39. The van der Waals surface area contributed by atoms with E-state index in [2.05, 4.69) is 34.4 Å². The van der Waals surface area contributed by atoms with Gasteiger partial charge in [-0.05, 0) is 62.5 Å². The quantitative estimate of drug-likeness (QED) is 0.317. The summed E-state index contributed by atoms with van der Waals surface area (Å²) in [5.74, 6) is -1.69. The van der Waals surface area contributed by atoms with Gasteiger partial charge in [-0.1, -0.05) is 25.4 Å². The Morgan fingerprint density at radius 2 is 1.92 bits per heavy atom. The van der Waals surface area contributed by atoms with E-state index in [1.54, 1.807) is 6.20 Å². The summed E-state index contributed by atoms with van der Waals surface area (Å²) >= 11 is 5.91.